The second kappa shape index (κ2) is 8.34. The van der Waals surface area contributed by atoms with E-state index in [1.54, 1.807) is 0 Å². The Balaban J connectivity index is 1.97. The van der Waals surface area contributed by atoms with Gasteiger partial charge in [-0.05, 0) is 38.8 Å². The minimum absolute atomic E-state index is 0.0156. The normalized spacial score (nSPS) is 12.1. The molecule has 0 N–H and O–H groups in total. The van der Waals surface area contributed by atoms with Gasteiger partial charge in [-0.2, -0.15) is 0 Å². The van der Waals surface area contributed by atoms with E-state index in [-0.39, 0.29) is 5.04 Å². The van der Waals surface area contributed by atoms with Crippen molar-refractivity contribution in [2.45, 2.75) is 32.2 Å². The van der Waals surface area contributed by atoms with Crippen LogP contribution in [-0.4, -0.2) is 21.2 Å². The van der Waals surface area contributed by atoms with Crippen LogP contribution in [-0.2, 0) is 10.8 Å². The number of hydrogen-bond acceptors (Lipinski definition) is 3. The minimum Gasteiger partial charge on any atom is -0.407 e. The Morgan fingerprint density at radius 3 is 1.96 bits per heavy atom. The highest BCUT2D eigenvalue weighted by Crippen LogP contribution is 2.36. The number of hydrogen-bond donors (Lipinski definition) is 0. The maximum absolute atomic E-state index is 10.9. The van der Waals surface area contributed by atoms with Crippen molar-refractivity contribution < 1.29 is 9.22 Å². The van der Waals surface area contributed by atoms with E-state index in [0.717, 1.165) is 17.6 Å². The van der Waals surface area contributed by atoms with E-state index in [0.29, 0.717) is 6.61 Å². The van der Waals surface area contributed by atoms with Crippen molar-refractivity contribution in [3.63, 3.8) is 0 Å². The molecule has 2 aromatic carbocycles. The molecule has 0 atom stereocenters. The first kappa shape index (κ1) is 19.7. The number of carbonyl (C=O) groups excluding carboxylic acids is 1. The molecule has 0 unspecified atom stereocenters. The predicted octanol–water partition coefficient (Wildman–Crippen LogP) is 4.68. The number of carbonyl (C=O) groups is 1. The highest BCUT2D eigenvalue weighted by molar-refractivity contribution is 7.11. The first-order valence-electron chi connectivity index (χ1n) is 9.25. The molecule has 0 aliphatic heterocycles. The number of benzene rings is 2. The molecule has 0 fully saturated rings. The summed E-state index contributed by atoms with van der Waals surface area (Å²) >= 11 is 1.49. The Kier molecular flexibility index (Phi) is 6.10. The minimum atomic E-state index is -2.47. The second-order valence-corrected chi connectivity index (χ2v) is 13.0. The lowest BCUT2D eigenvalue weighted by molar-refractivity contribution is 0.112. The number of rotatable bonds is 7. The molecule has 4 heteroatoms. The molecule has 0 bridgehead atoms. The summed E-state index contributed by atoms with van der Waals surface area (Å²) in [4.78, 5) is 11.7. The van der Waals surface area contributed by atoms with E-state index < -0.39 is 8.32 Å². The molecular formula is C23H26O2SSi. The largest absolute Gasteiger partial charge is 0.407 e. The maximum atomic E-state index is 10.9. The van der Waals surface area contributed by atoms with Crippen LogP contribution in [0.1, 0.15) is 36.0 Å². The molecule has 0 amide bonds. The van der Waals surface area contributed by atoms with Crippen LogP contribution < -0.4 is 10.4 Å². The molecule has 1 aromatic heterocycles. The van der Waals surface area contributed by atoms with Gasteiger partial charge in [-0.15, -0.1) is 11.3 Å². The van der Waals surface area contributed by atoms with Gasteiger partial charge in [0.15, 0.2) is 6.29 Å². The summed E-state index contributed by atoms with van der Waals surface area (Å²) in [6, 6.07) is 23.3. The average Bonchev–Trinajstić information content (AvgIpc) is 3.14. The molecule has 0 saturated carbocycles. The van der Waals surface area contributed by atoms with Gasteiger partial charge in [0, 0.05) is 6.61 Å². The quantitative estimate of drug-likeness (QED) is 0.430. The van der Waals surface area contributed by atoms with E-state index in [4.69, 9.17) is 4.43 Å². The summed E-state index contributed by atoms with van der Waals surface area (Å²) in [6.07, 6.45) is 1.73. The van der Waals surface area contributed by atoms with E-state index in [1.807, 2.05) is 6.07 Å². The molecule has 0 saturated heterocycles. The fraction of sp³-hybridized carbons (Fsp3) is 0.261. The third-order valence-electron chi connectivity index (χ3n) is 4.92. The molecule has 0 radical (unpaired) electrons. The summed E-state index contributed by atoms with van der Waals surface area (Å²) in [5.74, 6) is 0. The average molecular weight is 395 g/mol. The fourth-order valence-corrected chi connectivity index (χ4v) is 8.98. The number of aldehydes is 1. The third kappa shape index (κ3) is 4.13. The van der Waals surface area contributed by atoms with Gasteiger partial charge in [0.05, 0.1) is 4.88 Å². The van der Waals surface area contributed by atoms with Crippen LogP contribution >= 0.6 is 11.3 Å². The highest BCUT2D eigenvalue weighted by Gasteiger charge is 2.49. The molecule has 0 aliphatic carbocycles. The van der Waals surface area contributed by atoms with Crippen LogP contribution in [0.15, 0.2) is 72.1 Å². The van der Waals surface area contributed by atoms with Crippen LogP contribution in [0.2, 0.25) is 5.04 Å². The summed E-state index contributed by atoms with van der Waals surface area (Å²) in [5.41, 5.74) is 1.17. The Bertz CT molecular complexity index is 827. The lowest BCUT2D eigenvalue weighted by atomic mass is 10.2. The molecular weight excluding hydrogens is 368 g/mol. The predicted molar refractivity (Wildman–Crippen MR) is 117 cm³/mol. The zero-order valence-electron chi connectivity index (χ0n) is 16.1. The first-order chi connectivity index (χ1) is 13.0. The van der Waals surface area contributed by atoms with Crippen LogP contribution in [0, 0.1) is 0 Å². The van der Waals surface area contributed by atoms with E-state index >= 15 is 0 Å². The van der Waals surface area contributed by atoms with Crippen LogP contribution in [0.4, 0.5) is 0 Å². The van der Waals surface area contributed by atoms with E-state index in [1.165, 1.54) is 27.3 Å². The first-order valence-corrected chi connectivity index (χ1v) is 12.0. The van der Waals surface area contributed by atoms with E-state index in [9.17, 15) is 4.79 Å². The summed E-state index contributed by atoms with van der Waals surface area (Å²) in [5, 5.41) is 4.63. The lowest BCUT2D eigenvalue weighted by Crippen LogP contribution is -2.66. The maximum Gasteiger partial charge on any atom is 0.261 e. The zero-order valence-corrected chi connectivity index (χ0v) is 18.0. The Labute approximate surface area is 167 Å². The van der Waals surface area contributed by atoms with Gasteiger partial charge in [0.2, 0.25) is 0 Å². The summed E-state index contributed by atoms with van der Waals surface area (Å²) in [7, 11) is -2.47. The van der Waals surface area contributed by atoms with Gasteiger partial charge >= 0.3 is 0 Å². The molecule has 0 spiro atoms. The standard InChI is InChI=1S/C23H26O2SSi/c1-23(2,3)27(21-10-6-4-7-11-21,22-12-8-5-9-13-22)25-15-14-19-16-20(17-24)26-18-19/h4-13,16-18H,14-15H2,1-3H3. The summed E-state index contributed by atoms with van der Waals surface area (Å²) in [6.45, 7) is 7.50. The SMILES string of the molecule is CC(C)(C)[Si](OCCc1csc(C=O)c1)(c1ccccc1)c1ccccc1. The molecule has 3 rings (SSSR count). The topological polar surface area (TPSA) is 26.3 Å². The Morgan fingerprint density at radius 1 is 0.963 bits per heavy atom. The second-order valence-electron chi connectivity index (χ2n) is 7.74. The summed E-state index contributed by atoms with van der Waals surface area (Å²) < 4.78 is 6.87. The van der Waals surface area contributed by atoms with Crippen molar-refractivity contribution in [1.82, 2.24) is 0 Å². The van der Waals surface area contributed by atoms with E-state index in [2.05, 4.69) is 86.8 Å². The van der Waals surface area contributed by atoms with Gasteiger partial charge < -0.3 is 4.43 Å². The van der Waals surface area contributed by atoms with Gasteiger partial charge in [0.1, 0.15) is 0 Å². The van der Waals surface area contributed by atoms with Crippen molar-refractivity contribution in [3.8, 4) is 0 Å². The fourth-order valence-electron chi connectivity index (χ4n) is 3.67. The van der Waals surface area contributed by atoms with Crippen LogP contribution in [0.25, 0.3) is 0 Å². The van der Waals surface area contributed by atoms with Gasteiger partial charge in [0.25, 0.3) is 8.32 Å². The molecule has 2 nitrogen and oxygen atoms in total. The smallest absolute Gasteiger partial charge is 0.261 e. The Morgan fingerprint density at radius 2 is 1.52 bits per heavy atom. The van der Waals surface area contributed by atoms with Crippen molar-refractivity contribution >= 4 is 36.3 Å². The Hall–Kier alpha value is -2.01. The lowest BCUT2D eigenvalue weighted by Gasteiger charge is -2.43. The highest BCUT2D eigenvalue weighted by atomic mass is 32.1. The molecule has 140 valence electrons. The molecule has 3 aromatic rings. The van der Waals surface area contributed by atoms with Gasteiger partial charge in [-0.3, -0.25) is 4.79 Å². The number of thiophene rings is 1. The third-order valence-corrected chi connectivity index (χ3v) is 10.9. The van der Waals surface area contributed by atoms with Crippen molar-refractivity contribution in [1.29, 1.82) is 0 Å². The molecule has 27 heavy (non-hydrogen) atoms. The zero-order chi connectivity index (χ0) is 19.3. The van der Waals surface area contributed by atoms with Crippen LogP contribution in [0.3, 0.4) is 0 Å². The van der Waals surface area contributed by atoms with Gasteiger partial charge in [-0.25, -0.2) is 0 Å². The van der Waals surface area contributed by atoms with Crippen molar-refractivity contribution in [2.75, 3.05) is 6.61 Å². The van der Waals surface area contributed by atoms with Crippen molar-refractivity contribution in [3.05, 3.63) is 82.6 Å². The van der Waals surface area contributed by atoms with Gasteiger partial charge in [-0.1, -0.05) is 81.4 Å². The molecule has 0 aliphatic rings. The van der Waals surface area contributed by atoms with Crippen molar-refractivity contribution in [2.24, 2.45) is 0 Å². The van der Waals surface area contributed by atoms with Crippen LogP contribution in [0.5, 0.6) is 0 Å². The molecule has 1 heterocycles. The monoisotopic (exact) mass is 394 g/mol.